The second-order valence-electron chi connectivity index (χ2n) is 9.40. The second-order valence-corrected chi connectivity index (χ2v) is 10.2. The fraction of sp³-hybridized carbons (Fsp3) is 0.308. The third-order valence-electron chi connectivity index (χ3n) is 6.23. The lowest BCUT2D eigenvalue weighted by Gasteiger charge is -2.22. The number of hydrogen-bond acceptors (Lipinski definition) is 2. The predicted molar refractivity (Wildman–Crippen MR) is 133 cm³/mol. The first-order valence-corrected chi connectivity index (χ1v) is 12.4. The summed E-state index contributed by atoms with van der Waals surface area (Å²) < 4.78 is 97.0. The van der Waals surface area contributed by atoms with Crippen LogP contribution in [0.2, 0.25) is 10.0 Å². The molecule has 4 rings (SSSR count). The van der Waals surface area contributed by atoms with Gasteiger partial charge in [-0.2, -0.15) is 36.5 Å². The van der Waals surface area contributed by atoms with Crippen molar-refractivity contribution in [2.45, 2.75) is 51.4 Å². The molecule has 0 amide bonds. The molecule has 39 heavy (non-hydrogen) atoms. The van der Waals surface area contributed by atoms with E-state index >= 15 is 4.39 Å². The number of rotatable bonds is 6. The van der Waals surface area contributed by atoms with Gasteiger partial charge in [-0.3, -0.25) is 0 Å². The van der Waals surface area contributed by atoms with Crippen molar-refractivity contribution in [3.63, 3.8) is 0 Å². The average molecular weight is 593 g/mol. The Morgan fingerprint density at radius 1 is 0.846 bits per heavy atom. The molecule has 208 valence electrons. The van der Waals surface area contributed by atoms with Crippen molar-refractivity contribution in [3.8, 4) is 11.4 Å². The van der Waals surface area contributed by atoms with Crippen molar-refractivity contribution in [1.29, 1.82) is 0 Å². The van der Waals surface area contributed by atoms with Crippen molar-refractivity contribution >= 4 is 23.2 Å². The SMILES string of the molecule is CC(C)c1cc(Cl)cc(CC(C)c2c(-n3cc(C(F)(F)F)cn3)ccc(Cl)c2F)c1-n1cc(C(F)(F)F)cn1. The van der Waals surface area contributed by atoms with Crippen molar-refractivity contribution in [1.82, 2.24) is 19.6 Å². The maximum Gasteiger partial charge on any atom is 0.419 e. The Bertz CT molecular complexity index is 1500. The molecule has 0 spiro atoms. The van der Waals surface area contributed by atoms with Crippen molar-refractivity contribution in [2.75, 3.05) is 0 Å². The molecule has 13 heteroatoms. The van der Waals surface area contributed by atoms with E-state index in [-0.39, 0.29) is 28.6 Å². The lowest BCUT2D eigenvalue weighted by Crippen LogP contribution is -2.12. The van der Waals surface area contributed by atoms with Crippen LogP contribution in [0.1, 0.15) is 60.4 Å². The number of nitrogens with zero attached hydrogens (tertiary/aromatic N) is 4. The summed E-state index contributed by atoms with van der Waals surface area (Å²) in [5, 5.41) is 7.74. The Hall–Kier alpha value is -3.05. The molecule has 0 aliphatic heterocycles. The zero-order chi connectivity index (χ0) is 28.9. The first-order valence-electron chi connectivity index (χ1n) is 11.6. The van der Waals surface area contributed by atoms with Gasteiger partial charge in [0.05, 0.1) is 39.9 Å². The van der Waals surface area contributed by atoms with E-state index in [0.717, 1.165) is 21.8 Å². The van der Waals surface area contributed by atoms with Gasteiger partial charge < -0.3 is 0 Å². The van der Waals surface area contributed by atoms with Gasteiger partial charge in [-0.05, 0) is 53.6 Å². The molecular formula is C26H21Cl2F7N4. The van der Waals surface area contributed by atoms with Crippen LogP contribution in [0.5, 0.6) is 0 Å². The van der Waals surface area contributed by atoms with Crippen LogP contribution >= 0.6 is 23.2 Å². The highest BCUT2D eigenvalue weighted by Gasteiger charge is 2.34. The maximum atomic E-state index is 15.4. The number of alkyl halides is 6. The molecule has 0 bridgehead atoms. The first kappa shape index (κ1) is 28.9. The highest BCUT2D eigenvalue weighted by Crippen LogP contribution is 2.38. The molecule has 2 aromatic heterocycles. The van der Waals surface area contributed by atoms with Gasteiger partial charge in [-0.25, -0.2) is 13.8 Å². The van der Waals surface area contributed by atoms with Gasteiger partial charge in [-0.1, -0.05) is 44.0 Å². The Kier molecular flexibility index (Phi) is 7.79. The van der Waals surface area contributed by atoms with Crippen LogP contribution in [0.3, 0.4) is 0 Å². The minimum atomic E-state index is -4.66. The molecule has 0 radical (unpaired) electrons. The largest absolute Gasteiger partial charge is 0.419 e. The van der Waals surface area contributed by atoms with E-state index < -0.39 is 35.2 Å². The van der Waals surface area contributed by atoms with Crippen molar-refractivity contribution in [2.24, 2.45) is 0 Å². The van der Waals surface area contributed by atoms with Crippen LogP contribution in [-0.2, 0) is 18.8 Å². The highest BCUT2D eigenvalue weighted by molar-refractivity contribution is 6.31. The van der Waals surface area contributed by atoms with Crippen molar-refractivity contribution in [3.05, 3.63) is 92.7 Å². The van der Waals surface area contributed by atoms with Gasteiger partial charge in [0.25, 0.3) is 0 Å². The van der Waals surface area contributed by atoms with Crippen LogP contribution < -0.4 is 0 Å². The van der Waals surface area contributed by atoms with Gasteiger partial charge in [0.15, 0.2) is 0 Å². The van der Waals surface area contributed by atoms with E-state index in [1.54, 1.807) is 19.1 Å². The van der Waals surface area contributed by atoms with Crippen LogP contribution in [0.15, 0.2) is 49.1 Å². The molecule has 0 saturated carbocycles. The molecule has 0 saturated heterocycles. The fourth-order valence-corrected chi connectivity index (χ4v) is 4.82. The van der Waals surface area contributed by atoms with E-state index in [9.17, 15) is 26.3 Å². The molecular weight excluding hydrogens is 572 g/mol. The summed E-state index contributed by atoms with van der Waals surface area (Å²) >= 11 is 12.4. The number of aromatic nitrogens is 4. The number of benzene rings is 2. The normalized spacial score (nSPS) is 13.4. The van der Waals surface area contributed by atoms with Gasteiger partial charge in [0.1, 0.15) is 5.82 Å². The minimum absolute atomic E-state index is 0.0206. The van der Waals surface area contributed by atoms with Crippen LogP contribution in [0, 0.1) is 5.82 Å². The van der Waals surface area contributed by atoms with Gasteiger partial charge in [-0.15, -0.1) is 0 Å². The zero-order valence-corrected chi connectivity index (χ0v) is 22.2. The lowest BCUT2D eigenvalue weighted by atomic mass is 9.88. The monoisotopic (exact) mass is 592 g/mol. The molecule has 0 N–H and O–H groups in total. The van der Waals surface area contributed by atoms with E-state index in [1.165, 1.54) is 12.1 Å². The highest BCUT2D eigenvalue weighted by atomic mass is 35.5. The first-order chi connectivity index (χ1) is 18.1. The van der Waals surface area contributed by atoms with Crippen LogP contribution in [-0.4, -0.2) is 19.6 Å². The molecule has 2 aromatic carbocycles. The third-order valence-corrected chi connectivity index (χ3v) is 6.74. The van der Waals surface area contributed by atoms with E-state index in [0.29, 0.717) is 34.2 Å². The minimum Gasteiger partial charge on any atom is -0.240 e. The van der Waals surface area contributed by atoms with E-state index in [1.807, 2.05) is 13.8 Å². The number of hydrogen-bond donors (Lipinski definition) is 0. The maximum absolute atomic E-state index is 15.4. The van der Waals surface area contributed by atoms with Gasteiger partial charge in [0, 0.05) is 23.0 Å². The third kappa shape index (κ3) is 5.94. The predicted octanol–water partition coefficient (Wildman–Crippen LogP) is 9.01. The standard InChI is InChI=1S/C26H21Cl2F7N4/c1-13(2)19-8-18(27)7-15(24(19)39-12-17(10-37-39)26(33,34)35)6-14(3)22-21(5-4-20(28)23(22)29)38-11-16(9-36-38)25(30,31)32/h4-5,7-14H,6H2,1-3H3. The summed E-state index contributed by atoms with van der Waals surface area (Å²) in [6.45, 7) is 5.29. The smallest absolute Gasteiger partial charge is 0.240 e. The molecule has 0 aliphatic carbocycles. The summed E-state index contributed by atoms with van der Waals surface area (Å²) in [6, 6.07) is 5.73. The summed E-state index contributed by atoms with van der Waals surface area (Å²) in [7, 11) is 0. The molecule has 0 aliphatic rings. The Morgan fingerprint density at radius 2 is 1.41 bits per heavy atom. The van der Waals surface area contributed by atoms with Gasteiger partial charge in [0.2, 0.25) is 0 Å². The fourth-order valence-electron chi connectivity index (χ4n) is 4.40. The topological polar surface area (TPSA) is 35.6 Å². The van der Waals surface area contributed by atoms with Crippen molar-refractivity contribution < 1.29 is 30.7 Å². The molecule has 0 fully saturated rings. The average Bonchev–Trinajstić information content (AvgIpc) is 3.50. The van der Waals surface area contributed by atoms with Crippen LogP contribution in [0.4, 0.5) is 30.7 Å². The summed E-state index contributed by atoms with van der Waals surface area (Å²) in [6.07, 6.45) is -6.31. The molecule has 2 heterocycles. The zero-order valence-electron chi connectivity index (χ0n) is 20.7. The molecule has 1 unspecified atom stereocenters. The Balaban J connectivity index is 1.85. The molecule has 4 nitrogen and oxygen atoms in total. The molecule has 1 atom stereocenters. The Labute approximate surface area is 229 Å². The van der Waals surface area contributed by atoms with Crippen LogP contribution in [0.25, 0.3) is 11.4 Å². The second kappa shape index (κ2) is 10.5. The quantitative estimate of drug-likeness (QED) is 0.209. The molecule has 4 aromatic rings. The number of halogens is 9. The Morgan fingerprint density at radius 3 is 1.95 bits per heavy atom. The van der Waals surface area contributed by atoms with E-state index in [4.69, 9.17) is 23.2 Å². The van der Waals surface area contributed by atoms with E-state index in [2.05, 4.69) is 10.2 Å². The lowest BCUT2D eigenvalue weighted by molar-refractivity contribution is -0.138. The summed E-state index contributed by atoms with van der Waals surface area (Å²) in [5.41, 5.74) is -0.548. The summed E-state index contributed by atoms with van der Waals surface area (Å²) in [5.74, 6) is -1.75. The van der Waals surface area contributed by atoms with Gasteiger partial charge >= 0.3 is 12.4 Å². The summed E-state index contributed by atoms with van der Waals surface area (Å²) in [4.78, 5) is 0.